The van der Waals surface area contributed by atoms with E-state index in [1.807, 2.05) is 0 Å². The molecule has 0 aromatic heterocycles. The Balaban J connectivity index is 2.41. The van der Waals surface area contributed by atoms with E-state index in [2.05, 4.69) is 15.9 Å². The average Bonchev–Trinajstić information content (AvgIpc) is 2.56. The highest BCUT2D eigenvalue weighted by atomic mass is 79.9. The van der Waals surface area contributed by atoms with Crippen LogP contribution >= 0.6 is 15.9 Å². The summed E-state index contributed by atoms with van der Waals surface area (Å²) in [5, 5.41) is 0. The molecule has 1 unspecified atom stereocenters. The highest BCUT2D eigenvalue weighted by Crippen LogP contribution is 2.35. The molecule has 1 heterocycles. The van der Waals surface area contributed by atoms with Gasteiger partial charge in [-0.1, -0.05) is 22.0 Å². The lowest BCUT2D eigenvalue weighted by molar-refractivity contribution is -0.137. The molecule has 0 aliphatic carbocycles. The second-order valence-electron chi connectivity index (χ2n) is 4.30. The molecule has 0 saturated carbocycles. The zero-order valence-electron chi connectivity index (χ0n) is 9.59. The average molecular weight is 322 g/mol. The molecular formula is C12H11BrF3NO. The highest BCUT2D eigenvalue weighted by Gasteiger charge is 2.34. The van der Waals surface area contributed by atoms with Crippen molar-refractivity contribution in [1.82, 2.24) is 0 Å². The summed E-state index contributed by atoms with van der Waals surface area (Å²) in [7, 11) is 0. The largest absolute Gasteiger partial charge is 0.416 e. The second kappa shape index (κ2) is 4.57. The van der Waals surface area contributed by atoms with Crippen LogP contribution in [0.4, 0.5) is 18.9 Å². The van der Waals surface area contributed by atoms with Crippen molar-refractivity contribution in [2.45, 2.75) is 24.3 Å². The molecule has 2 rings (SSSR count). The van der Waals surface area contributed by atoms with Crippen LogP contribution in [0.1, 0.15) is 17.5 Å². The Kier molecular flexibility index (Phi) is 3.40. The molecule has 1 saturated heterocycles. The monoisotopic (exact) mass is 321 g/mol. The first-order valence-electron chi connectivity index (χ1n) is 5.41. The van der Waals surface area contributed by atoms with Gasteiger partial charge in [-0.05, 0) is 24.6 Å². The number of halogens is 4. The SMILES string of the molecule is Cc1ccc(C(F)(F)F)cc1N1CC(Br)CC1=O. The van der Waals surface area contributed by atoms with Crippen LogP contribution in [0.5, 0.6) is 0 Å². The van der Waals surface area contributed by atoms with Gasteiger partial charge in [-0.25, -0.2) is 0 Å². The van der Waals surface area contributed by atoms with Gasteiger partial charge in [-0.15, -0.1) is 0 Å². The Morgan fingerprint density at radius 2 is 2.06 bits per heavy atom. The number of rotatable bonds is 1. The van der Waals surface area contributed by atoms with Gasteiger partial charge < -0.3 is 4.90 Å². The molecule has 1 aliphatic rings. The molecule has 6 heteroatoms. The summed E-state index contributed by atoms with van der Waals surface area (Å²) in [6.07, 6.45) is -4.07. The first kappa shape index (κ1) is 13.4. The van der Waals surface area contributed by atoms with Gasteiger partial charge in [0.25, 0.3) is 0 Å². The zero-order valence-corrected chi connectivity index (χ0v) is 11.2. The third-order valence-electron chi connectivity index (χ3n) is 2.91. The first-order valence-corrected chi connectivity index (χ1v) is 6.33. The highest BCUT2D eigenvalue weighted by molar-refractivity contribution is 9.09. The minimum atomic E-state index is -4.39. The predicted molar refractivity (Wildman–Crippen MR) is 65.9 cm³/mol. The van der Waals surface area contributed by atoms with Crippen molar-refractivity contribution in [3.05, 3.63) is 29.3 Å². The van der Waals surface area contributed by atoms with Crippen molar-refractivity contribution >= 4 is 27.5 Å². The van der Waals surface area contributed by atoms with E-state index in [1.165, 1.54) is 11.0 Å². The molecule has 1 aromatic rings. The number of aryl methyl sites for hydroxylation is 1. The summed E-state index contributed by atoms with van der Waals surface area (Å²) in [5.41, 5.74) is 0.281. The molecule has 0 radical (unpaired) electrons. The van der Waals surface area contributed by atoms with Crippen molar-refractivity contribution in [2.24, 2.45) is 0 Å². The van der Waals surface area contributed by atoms with Crippen molar-refractivity contribution in [2.75, 3.05) is 11.4 Å². The van der Waals surface area contributed by atoms with E-state index < -0.39 is 11.7 Å². The zero-order chi connectivity index (χ0) is 13.5. The molecule has 18 heavy (non-hydrogen) atoms. The molecule has 2 nitrogen and oxygen atoms in total. The molecule has 1 aromatic carbocycles. The van der Waals surface area contributed by atoms with E-state index in [4.69, 9.17) is 0 Å². The number of anilines is 1. The lowest BCUT2D eigenvalue weighted by atomic mass is 10.1. The van der Waals surface area contributed by atoms with Crippen molar-refractivity contribution < 1.29 is 18.0 Å². The topological polar surface area (TPSA) is 20.3 Å². The molecular weight excluding hydrogens is 311 g/mol. The van der Waals surface area contributed by atoms with Gasteiger partial charge >= 0.3 is 6.18 Å². The number of carbonyl (C=O) groups excluding carboxylic acids is 1. The van der Waals surface area contributed by atoms with Crippen LogP contribution in [0.15, 0.2) is 18.2 Å². The maximum absolute atomic E-state index is 12.6. The van der Waals surface area contributed by atoms with Gasteiger partial charge in [0.1, 0.15) is 0 Å². The number of hydrogen-bond acceptors (Lipinski definition) is 1. The normalized spacial score (nSPS) is 20.6. The summed E-state index contributed by atoms with van der Waals surface area (Å²) >= 11 is 3.31. The van der Waals surface area contributed by atoms with Crippen LogP contribution in [0, 0.1) is 6.92 Å². The summed E-state index contributed by atoms with van der Waals surface area (Å²) in [6.45, 7) is 2.10. The molecule has 1 atom stereocenters. The number of benzene rings is 1. The Bertz CT molecular complexity index is 487. The molecule has 1 amide bonds. The summed E-state index contributed by atoms with van der Waals surface area (Å²) in [4.78, 5) is 13.1. The van der Waals surface area contributed by atoms with Crippen LogP contribution in [0.2, 0.25) is 0 Å². The summed E-state index contributed by atoms with van der Waals surface area (Å²) < 4.78 is 37.9. The molecule has 0 bridgehead atoms. The quantitative estimate of drug-likeness (QED) is 0.725. The minimum Gasteiger partial charge on any atom is -0.311 e. The number of alkyl halides is 4. The van der Waals surface area contributed by atoms with E-state index in [0.29, 0.717) is 24.2 Å². The number of carbonyl (C=O) groups is 1. The van der Waals surface area contributed by atoms with Gasteiger partial charge in [0, 0.05) is 23.5 Å². The Morgan fingerprint density at radius 3 is 2.56 bits per heavy atom. The molecule has 0 spiro atoms. The third kappa shape index (κ3) is 2.53. The molecule has 98 valence electrons. The number of hydrogen-bond donors (Lipinski definition) is 0. The van der Waals surface area contributed by atoms with Crippen LogP contribution < -0.4 is 4.90 Å². The van der Waals surface area contributed by atoms with Gasteiger partial charge in [0.2, 0.25) is 5.91 Å². The molecule has 1 fully saturated rings. The maximum Gasteiger partial charge on any atom is 0.416 e. The lowest BCUT2D eigenvalue weighted by Crippen LogP contribution is -2.25. The van der Waals surface area contributed by atoms with Gasteiger partial charge in [-0.3, -0.25) is 4.79 Å². The molecule has 0 N–H and O–H groups in total. The number of amides is 1. The smallest absolute Gasteiger partial charge is 0.311 e. The Hall–Kier alpha value is -1.04. The van der Waals surface area contributed by atoms with Crippen molar-refractivity contribution in [3.8, 4) is 0 Å². The van der Waals surface area contributed by atoms with Crippen LogP contribution in [0.25, 0.3) is 0 Å². The predicted octanol–water partition coefficient (Wildman–Crippen LogP) is 3.51. The van der Waals surface area contributed by atoms with Gasteiger partial charge in [0.15, 0.2) is 0 Å². The lowest BCUT2D eigenvalue weighted by Gasteiger charge is -2.20. The first-order chi connectivity index (χ1) is 8.29. The van der Waals surface area contributed by atoms with Crippen LogP contribution in [-0.2, 0) is 11.0 Å². The van der Waals surface area contributed by atoms with Crippen LogP contribution in [0.3, 0.4) is 0 Å². The summed E-state index contributed by atoms with van der Waals surface area (Å²) in [6, 6.07) is 3.47. The Labute approximate surface area is 111 Å². The minimum absolute atomic E-state index is 0.000979. The fourth-order valence-electron chi connectivity index (χ4n) is 1.97. The van der Waals surface area contributed by atoms with Crippen molar-refractivity contribution in [1.29, 1.82) is 0 Å². The Morgan fingerprint density at radius 1 is 1.39 bits per heavy atom. The van der Waals surface area contributed by atoms with Crippen molar-refractivity contribution in [3.63, 3.8) is 0 Å². The fraction of sp³-hybridized carbons (Fsp3) is 0.417. The maximum atomic E-state index is 12.6. The van der Waals surface area contributed by atoms with E-state index in [1.54, 1.807) is 6.92 Å². The summed E-state index contributed by atoms with van der Waals surface area (Å²) in [5.74, 6) is -0.153. The third-order valence-corrected chi connectivity index (χ3v) is 3.52. The second-order valence-corrected chi connectivity index (χ2v) is 5.60. The fourth-order valence-corrected chi connectivity index (χ4v) is 2.54. The standard InChI is InChI=1S/C12H11BrF3NO/c1-7-2-3-8(12(14,15)16)4-10(7)17-6-9(13)5-11(17)18/h2-4,9H,5-6H2,1H3. The van der Waals surface area contributed by atoms with E-state index in [-0.39, 0.29) is 10.7 Å². The van der Waals surface area contributed by atoms with Gasteiger partial charge in [0.05, 0.1) is 5.56 Å². The molecule has 1 aliphatic heterocycles. The van der Waals surface area contributed by atoms with Crippen LogP contribution in [-0.4, -0.2) is 17.3 Å². The van der Waals surface area contributed by atoms with E-state index in [0.717, 1.165) is 12.1 Å². The van der Waals surface area contributed by atoms with E-state index >= 15 is 0 Å². The van der Waals surface area contributed by atoms with E-state index in [9.17, 15) is 18.0 Å². The van der Waals surface area contributed by atoms with Gasteiger partial charge in [-0.2, -0.15) is 13.2 Å². The number of nitrogens with zero attached hydrogens (tertiary/aromatic N) is 1.